The maximum absolute atomic E-state index is 12.9. The Morgan fingerprint density at radius 3 is 2.35 bits per heavy atom. The second-order valence-electron chi connectivity index (χ2n) is 6.79. The maximum Gasteiger partial charge on any atom is 0.379 e. The van der Waals surface area contributed by atoms with Crippen LogP contribution in [0.2, 0.25) is 0 Å². The molecule has 162 valence electrons. The number of esters is 1. The third kappa shape index (κ3) is 5.03. The van der Waals surface area contributed by atoms with Crippen molar-refractivity contribution in [3.8, 4) is 11.5 Å². The van der Waals surface area contributed by atoms with Crippen LogP contribution < -0.4 is 9.47 Å². The van der Waals surface area contributed by atoms with E-state index in [0.29, 0.717) is 35.3 Å². The van der Waals surface area contributed by atoms with Gasteiger partial charge < -0.3 is 18.9 Å². The van der Waals surface area contributed by atoms with Gasteiger partial charge in [0.2, 0.25) is 0 Å². The average Bonchev–Trinajstić information content (AvgIpc) is 2.78. The number of ether oxygens (including phenoxy) is 4. The van der Waals surface area contributed by atoms with Crippen molar-refractivity contribution in [2.45, 2.75) is 20.3 Å². The molecule has 0 saturated heterocycles. The number of ketones is 1. The number of benzene rings is 3. The second kappa shape index (κ2) is 10.6. The van der Waals surface area contributed by atoms with E-state index in [1.165, 1.54) is 7.11 Å². The highest BCUT2D eigenvalue weighted by molar-refractivity contribution is 6.43. The molecule has 0 heterocycles. The zero-order chi connectivity index (χ0) is 22.2. The smallest absolute Gasteiger partial charge is 0.379 e. The van der Waals surface area contributed by atoms with E-state index in [9.17, 15) is 9.59 Å². The van der Waals surface area contributed by atoms with Crippen molar-refractivity contribution in [1.82, 2.24) is 0 Å². The summed E-state index contributed by atoms with van der Waals surface area (Å²) in [6.07, 6.45) is 0.615. The summed E-state index contributed by atoms with van der Waals surface area (Å²) in [5.74, 6) is -0.765. The molecule has 31 heavy (non-hydrogen) atoms. The first kappa shape index (κ1) is 22.3. The van der Waals surface area contributed by atoms with Gasteiger partial charge in [-0.15, -0.1) is 0 Å². The van der Waals surface area contributed by atoms with Crippen LogP contribution in [0.3, 0.4) is 0 Å². The first-order valence-electron chi connectivity index (χ1n) is 10.2. The van der Waals surface area contributed by atoms with Crippen LogP contribution in [0.5, 0.6) is 11.5 Å². The molecule has 0 spiro atoms. The quantitative estimate of drug-likeness (QED) is 0.206. The third-order valence-corrected chi connectivity index (χ3v) is 4.73. The van der Waals surface area contributed by atoms with Gasteiger partial charge in [0, 0.05) is 18.1 Å². The van der Waals surface area contributed by atoms with E-state index in [4.69, 9.17) is 18.9 Å². The number of carbonyl (C=O) groups excluding carboxylic acids is 2. The maximum atomic E-state index is 12.9. The summed E-state index contributed by atoms with van der Waals surface area (Å²) in [5.41, 5.74) is 2.26. The first-order valence-corrected chi connectivity index (χ1v) is 10.2. The Morgan fingerprint density at radius 2 is 1.68 bits per heavy atom. The van der Waals surface area contributed by atoms with E-state index in [1.807, 2.05) is 49.4 Å². The van der Waals surface area contributed by atoms with Gasteiger partial charge in [-0.25, -0.2) is 4.79 Å². The normalized spacial score (nSPS) is 10.7. The van der Waals surface area contributed by atoms with Crippen LogP contribution in [0.4, 0.5) is 0 Å². The van der Waals surface area contributed by atoms with Crippen molar-refractivity contribution < 1.29 is 28.5 Å². The Hall–Kier alpha value is -3.38. The Bertz CT molecular complexity index is 1060. The van der Waals surface area contributed by atoms with Crippen LogP contribution in [0.25, 0.3) is 10.8 Å². The molecule has 0 atom stereocenters. The van der Waals surface area contributed by atoms with Crippen molar-refractivity contribution in [3.05, 3.63) is 71.3 Å². The minimum Gasteiger partial charge on any atom is -0.490 e. The van der Waals surface area contributed by atoms with E-state index in [0.717, 1.165) is 11.1 Å². The van der Waals surface area contributed by atoms with Crippen molar-refractivity contribution in [2.75, 3.05) is 27.1 Å². The molecule has 0 aromatic heterocycles. The highest BCUT2D eigenvalue weighted by Gasteiger charge is 2.25. The number of hydrogen-bond donors (Lipinski definition) is 0. The number of carbonyl (C=O) groups is 2. The molecule has 0 aliphatic rings. The van der Waals surface area contributed by atoms with Gasteiger partial charge in [0.15, 0.2) is 18.3 Å². The van der Waals surface area contributed by atoms with Gasteiger partial charge in [-0.3, -0.25) is 4.79 Å². The van der Waals surface area contributed by atoms with Crippen molar-refractivity contribution in [3.63, 3.8) is 0 Å². The summed E-state index contributed by atoms with van der Waals surface area (Å²) in [6, 6.07) is 17.2. The zero-order valence-corrected chi connectivity index (χ0v) is 18.0. The van der Waals surface area contributed by atoms with Gasteiger partial charge in [-0.2, -0.15) is 0 Å². The molecule has 0 N–H and O–H groups in total. The standard InChI is InChI=1S/C25H26O6/c1-4-29-21-15-20(23(26)25(27)30-5-2)19-13-9-12-18(14-17-10-7-6-8-11-17)22(19)24(21)31-16-28-3/h6-13,15H,4-5,14,16H2,1-3H3. The molecule has 0 aliphatic carbocycles. The fraction of sp³-hybridized carbons (Fsp3) is 0.280. The molecule has 6 heteroatoms. The minimum atomic E-state index is -0.898. The number of rotatable bonds is 10. The summed E-state index contributed by atoms with van der Waals surface area (Å²) in [7, 11) is 1.53. The summed E-state index contributed by atoms with van der Waals surface area (Å²) >= 11 is 0. The summed E-state index contributed by atoms with van der Waals surface area (Å²) in [6.45, 7) is 4.00. The van der Waals surface area contributed by atoms with Gasteiger partial charge in [0.25, 0.3) is 5.78 Å². The monoisotopic (exact) mass is 422 g/mol. The molecule has 3 aromatic rings. The van der Waals surface area contributed by atoms with Gasteiger partial charge in [-0.05, 0) is 42.8 Å². The Labute approximate surface area is 181 Å². The minimum absolute atomic E-state index is 0.0139. The van der Waals surface area contributed by atoms with Gasteiger partial charge >= 0.3 is 5.97 Å². The molecule has 3 aromatic carbocycles. The largest absolute Gasteiger partial charge is 0.490 e. The predicted octanol–water partition coefficient (Wildman–Crippen LogP) is 4.56. The van der Waals surface area contributed by atoms with E-state index in [2.05, 4.69) is 0 Å². The van der Waals surface area contributed by atoms with Crippen LogP contribution in [0.1, 0.15) is 35.3 Å². The molecule has 0 radical (unpaired) electrons. The van der Waals surface area contributed by atoms with E-state index < -0.39 is 11.8 Å². The lowest BCUT2D eigenvalue weighted by atomic mass is 9.93. The second-order valence-corrected chi connectivity index (χ2v) is 6.79. The molecule has 0 fully saturated rings. The Kier molecular flexibility index (Phi) is 7.62. The topological polar surface area (TPSA) is 71.1 Å². The molecule has 0 saturated carbocycles. The van der Waals surface area contributed by atoms with Crippen LogP contribution >= 0.6 is 0 Å². The van der Waals surface area contributed by atoms with Crippen LogP contribution in [-0.4, -0.2) is 38.9 Å². The number of methoxy groups -OCH3 is 1. The fourth-order valence-electron chi connectivity index (χ4n) is 3.47. The molecular weight excluding hydrogens is 396 g/mol. The first-order chi connectivity index (χ1) is 15.1. The van der Waals surface area contributed by atoms with Crippen molar-refractivity contribution >= 4 is 22.5 Å². The summed E-state index contributed by atoms with van der Waals surface area (Å²) < 4.78 is 21.8. The zero-order valence-electron chi connectivity index (χ0n) is 18.0. The lowest BCUT2D eigenvalue weighted by Gasteiger charge is -2.19. The Balaban J connectivity index is 2.26. The van der Waals surface area contributed by atoms with Crippen molar-refractivity contribution in [2.24, 2.45) is 0 Å². The molecule has 0 bridgehead atoms. The van der Waals surface area contributed by atoms with Gasteiger partial charge in [0.1, 0.15) is 0 Å². The highest BCUT2D eigenvalue weighted by Crippen LogP contribution is 2.41. The van der Waals surface area contributed by atoms with E-state index in [-0.39, 0.29) is 19.0 Å². The molecular formula is C25H26O6. The lowest BCUT2D eigenvalue weighted by molar-refractivity contribution is -0.137. The van der Waals surface area contributed by atoms with Crippen LogP contribution in [0, 0.1) is 0 Å². The molecule has 3 rings (SSSR count). The third-order valence-electron chi connectivity index (χ3n) is 4.73. The predicted molar refractivity (Wildman–Crippen MR) is 118 cm³/mol. The molecule has 0 unspecified atom stereocenters. The lowest BCUT2D eigenvalue weighted by Crippen LogP contribution is -2.18. The SMILES string of the molecule is CCOC(=O)C(=O)c1cc(OCC)c(OCOC)c2c(Cc3ccccc3)cccc12. The van der Waals surface area contributed by atoms with Gasteiger partial charge in [0.05, 0.1) is 13.2 Å². The van der Waals surface area contributed by atoms with E-state index >= 15 is 0 Å². The average molecular weight is 422 g/mol. The fourth-order valence-corrected chi connectivity index (χ4v) is 3.47. The van der Waals surface area contributed by atoms with Crippen molar-refractivity contribution in [1.29, 1.82) is 0 Å². The van der Waals surface area contributed by atoms with E-state index in [1.54, 1.807) is 19.1 Å². The van der Waals surface area contributed by atoms with Gasteiger partial charge in [-0.1, -0.05) is 48.5 Å². The molecule has 0 amide bonds. The Morgan fingerprint density at radius 1 is 0.903 bits per heavy atom. The number of fused-ring (bicyclic) bond motifs is 1. The van der Waals surface area contributed by atoms with Crippen LogP contribution in [0.15, 0.2) is 54.6 Å². The number of hydrogen-bond acceptors (Lipinski definition) is 6. The molecule has 0 aliphatic heterocycles. The summed E-state index contributed by atoms with van der Waals surface area (Å²) in [4.78, 5) is 25.1. The summed E-state index contributed by atoms with van der Waals surface area (Å²) in [5, 5.41) is 1.31. The highest BCUT2D eigenvalue weighted by atomic mass is 16.7. The molecule has 6 nitrogen and oxygen atoms in total. The number of Topliss-reactive ketones (excluding diaryl/α,β-unsaturated/α-hetero) is 1. The van der Waals surface area contributed by atoms with Crippen LogP contribution in [-0.2, 0) is 20.7 Å².